The quantitative estimate of drug-likeness (QED) is 0.933. The second-order valence-corrected chi connectivity index (χ2v) is 6.17. The van der Waals surface area contributed by atoms with E-state index in [1.54, 1.807) is 23.6 Å². The van der Waals surface area contributed by atoms with Crippen LogP contribution in [0.25, 0.3) is 0 Å². The van der Waals surface area contributed by atoms with Crippen molar-refractivity contribution < 1.29 is 4.39 Å². The molecule has 0 bridgehead atoms. The van der Waals surface area contributed by atoms with Crippen molar-refractivity contribution in [1.82, 2.24) is 10.3 Å². The van der Waals surface area contributed by atoms with E-state index in [-0.39, 0.29) is 11.9 Å². The fraction of sp³-hybridized carbons (Fsp3) is 0.250. The Kier molecular flexibility index (Phi) is 4.25. The summed E-state index contributed by atoms with van der Waals surface area (Å²) in [5.74, 6) is -0.262. The lowest BCUT2D eigenvalue weighted by Crippen LogP contribution is -2.20. The fourth-order valence-electron chi connectivity index (χ4n) is 1.65. The third kappa shape index (κ3) is 3.12. The molecule has 1 unspecified atom stereocenters. The van der Waals surface area contributed by atoms with Crippen LogP contribution in [-0.2, 0) is 6.42 Å². The zero-order valence-corrected chi connectivity index (χ0v) is 11.7. The lowest BCUT2D eigenvalue weighted by atomic mass is 10.1. The Morgan fingerprint density at radius 3 is 2.88 bits per heavy atom. The van der Waals surface area contributed by atoms with Crippen molar-refractivity contribution in [2.75, 3.05) is 7.05 Å². The van der Waals surface area contributed by atoms with E-state index in [4.69, 9.17) is 0 Å². The van der Waals surface area contributed by atoms with Crippen molar-refractivity contribution in [1.29, 1.82) is 0 Å². The second kappa shape index (κ2) is 5.71. The molecule has 17 heavy (non-hydrogen) atoms. The van der Waals surface area contributed by atoms with Crippen molar-refractivity contribution >= 4 is 27.3 Å². The standard InChI is InChI=1S/C12H12BrFN2S/c1-15-10(7-8-4-5-11(13)17-8)12-9(14)3-2-6-16-12/h2-6,10,15H,7H2,1H3. The van der Waals surface area contributed by atoms with E-state index in [0.29, 0.717) is 5.69 Å². The Labute approximate surface area is 112 Å². The molecule has 0 saturated heterocycles. The Hall–Kier alpha value is -0.780. The minimum absolute atomic E-state index is 0.0956. The number of aromatic nitrogens is 1. The molecule has 1 atom stereocenters. The maximum atomic E-state index is 13.6. The van der Waals surface area contributed by atoms with Crippen LogP contribution in [0.3, 0.4) is 0 Å². The van der Waals surface area contributed by atoms with Gasteiger partial charge in [-0.05, 0) is 47.2 Å². The van der Waals surface area contributed by atoms with Crippen LogP contribution in [0.15, 0.2) is 34.2 Å². The summed E-state index contributed by atoms with van der Waals surface area (Å²) < 4.78 is 14.7. The molecule has 1 N–H and O–H groups in total. The summed E-state index contributed by atoms with van der Waals surface area (Å²) in [6, 6.07) is 6.99. The van der Waals surface area contributed by atoms with Gasteiger partial charge < -0.3 is 5.32 Å². The molecule has 0 aliphatic heterocycles. The maximum Gasteiger partial charge on any atom is 0.146 e. The molecule has 0 aliphatic rings. The summed E-state index contributed by atoms with van der Waals surface area (Å²) in [5.41, 5.74) is 0.472. The highest BCUT2D eigenvalue weighted by molar-refractivity contribution is 9.11. The Bertz CT molecular complexity index is 501. The highest BCUT2D eigenvalue weighted by Gasteiger charge is 2.16. The van der Waals surface area contributed by atoms with Crippen molar-refractivity contribution in [3.05, 3.63) is 50.6 Å². The molecule has 0 saturated carbocycles. The SMILES string of the molecule is CNC(Cc1ccc(Br)s1)c1ncccc1F. The first-order valence-corrected chi connectivity index (χ1v) is 6.83. The van der Waals surface area contributed by atoms with E-state index in [1.807, 2.05) is 19.2 Å². The second-order valence-electron chi connectivity index (χ2n) is 3.62. The van der Waals surface area contributed by atoms with Gasteiger partial charge in [0.25, 0.3) is 0 Å². The zero-order valence-electron chi connectivity index (χ0n) is 9.28. The third-order valence-corrected chi connectivity index (χ3v) is 4.15. The van der Waals surface area contributed by atoms with Gasteiger partial charge in [0.15, 0.2) is 0 Å². The summed E-state index contributed by atoms with van der Waals surface area (Å²) in [6.07, 6.45) is 2.35. The maximum absolute atomic E-state index is 13.6. The minimum Gasteiger partial charge on any atom is -0.311 e. The number of thiophene rings is 1. The molecular weight excluding hydrogens is 303 g/mol. The van der Waals surface area contributed by atoms with Crippen LogP contribution in [-0.4, -0.2) is 12.0 Å². The fourth-order valence-corrected chi connectivity index (χ4v) is 3.18. The van der Waals surface area contributed by atoms with Gasteiger partial charge in [-0.15, -0.1) is 11.3 Å². The molecule has 0 aromatic carbocycles. The number of halogens is 2. The summed E-state index contributed by atoms with van der Waals surface area (Å²) >= 11 is 5.08. The lowest BCUT2D eigenvalue weighted by molar-refractivity contribution is 0.519. The number of hydrogen-bond acceptors (Lipinski definition) is 3. The number of hydrogen-bond donors (Lipinski definition) is 1. The number of nitrogens with one attached hydrogen (secondary N) is 1. The van der Waals surface area contributed by atoms with E-state index >= 15 is 0 Å². The first-order chi connectivity index (χ1) is 8.20. The number of pyridine rings is 1. The zero-order chi connectivity index (χ0) is 12.3. The van der Waals surface area contributed by atoms with Crippen LogP contribution in [0.4, 0.5) is 4.39 Å². The summed E-state index contributed by atoms with van der Waals surface area (Å²) in [6.45, 7) is 0. The molecule has 2 nitrogen and oxygen atoms in total. The summed E-state index contributed by atoms with van der Waals surface area (Å²) in [5, 5.41) is 3.11. The van der Waals surface area contributed by atoms with E-state index < -0.39 is 0 Å². The molecule has 2 aromatic rings. The first-order valence-electron chi connectivity index (χ1n) is 5.22. The van der Waals surface area contributed by atoms with Crippen LogP contribution in [0.2, 0.25) is 0 Å². The molecular formula is C12H12BrFN2S. The van der Waals surface area contributed by atoms with Crippen molar-refractivity contribution in [3.8, 4) is 0 Å². The molecule has 0 amide bonds. The third-order valence-electron chi connectivity index (χ3n) is 2.50. The van der Waals surface area contributed by atoms with Crippen LogP contribution in [0, 0.1) is 5.82 Å². The van der Waals surface area contributed by atoms with Gasteiger partial charge in [0.2, 0.25) is 0 Å². The average molecular weight is 315 g/mol. The highest BCUT2D eigenvalue weighted by Crippen LogP contribution is 2.26. The van der Waals surface area contributed by atoms with E-state index in [2.05, 4.69) is 26.2 Å². The van der Waals surface area contributed by atoms with Gasteiger partial charge in [0.05, 0.1) is 15.5 Å². The van der Waals surface area contributed by atoms with Gasteiger partial charge in [-0.2, -0.15) is 0 Å². The molecule has 5 heteroatoms. The number of nitrogens with zero attached hydrogens (tertiary/aromatic N) is 1. The van der Waals surface area contributed by atoms with E-state index in [9.17, 15) is 4.39 Å². The average Bonchev–Trinajstić information content (AvgIpc) is 2.73. The van der Waals surface area contributed by atoms with Crippen molar-refractivity contribution in [2.24, 2.45) is 0 Å². The van der Waals surface area contributed by atoms with Gasteiger partial charge in [-0.1, -0.05) is 0 Å². The lowest BCUT2D eigenvalue weighted by Gasteiger charge is -2.15. The minimum atomic E-state index is -0.262. The van der Waals surface area contributed by atoms with E-state index in [1.165, 1.54) is 10.9 Å². The molecule has 2 aromatic heterocycles. The summed E-state index contributed by atoms with van der Waals surface area (Å²) in [7, 11) is 1.82. The smallest absolute Gasteiger partial charge is 0.146 e. The Balaban J connectivity index is 2.20. The topological polar surface area (TPSA) is 24.9 Å². The predicted octanol–water partition coefficient (Wildman–Crippen LogP) is 3.55. The van der Waals surface area contributed by atoms with Crippen molar-refractivity contribution in [2.45, 2.75) is 12.5 Å². The first kappa shape index (κ1) is 12.7. The van der Waals surface area contributed by atoms with Gasteiger partial charge in [0.1, 0.15) is 5.82 Å². The number of likely N-dealkylation sites (N-methyl/N-ethyl adjacent to an activating group) is 1. The molecule has 2 rings (SSSR count). The highest BCUT2D eigenvalue weighted by atomic mass is 79.9. The Morgan fingerprint density at radius 2 is 2.29 bits per heavy atom. The van der Waals surface area contributed by atoms with Crippen molar-refractivity contribution in [3.63, 3.8) is 0 Å². The van der Waals surface area contributed by atoms with Crippen LogP contribution < -0.4 is 5.32 Å². The Morgan fingerprint density at radius 1 is 1.47 bits per heavy atom. The summed E-state index contributed by atoms with van der Waals surface area (Å²) in [4.78, 5) is 5.30. The molecule has 0 fully saturated rings. The molecule has 90 valence electrons. The monoisotopic (exact) mass is 314 g/mol. The van der Waals surface area contributed by atoms with Crippen LogP contribution >= 0.6 is 27.3 Å². The van der Waals surface area contributed by atoms with Crippen LogP contribution in [0.5, 0.6) is 0 Å². The number of rotatable bonds is 4. The molecule has 0 radical (unpaired) electrons. The van der Waals surface area contributed by atoms with Gasteiger partial charge >= 0.3 is 0 Å². The predicted molar refractivity (Wildman–Crippen MR) is 71.7 cm³/mol. The normalized spacial score (nSPS) is 12.6. The van der Waals surface area contributed by atoms with Gasteiger partial charge in [0, 0.05) is 17.5 Å². The van der Waals surface area contributed by atoms with Crippen LogP contribution in [0.1, 0.15) is 16.6 Å². The molecule has 2 heterocycles. The molecule has 0 spiro atoms. The van der Waals surface area contributed by atoms with Gasteiger partial charge in [-0.25, -0.2) is 4.39 Å². The van der Waals surface area contributed by atoms with Gasteiger partial charge in [-0.3, -0.25) is 4.98 Å². The largest absolute Gasteiger partial charge is 0.311 e. The van der Waals surface area contributed by atoms with E-state index in [0.717, 1.165) is 10.2 Å². The molecule has 0 aliphatic carbocycles.